The number of hydrogen-bond donors (Lipinski definition) is 2. The van der Waals surface area contributed by atoms with Gasteiger partial charge in [0, 0.05) is 5.56 Å². The highest BCUT2D eigenvalue weighted by molar-refractivity contribution is 5.62. The van der Waals surface area contributed by atoms with E-state index in [4.69, 9.17) is 9.47 Å². The minimum Gasteiger partial charge on any atom is -0.493 e. The molecule has 0 bridgehead atoms. The van der Waals surface area contributed by atoms with Crippen molar-refractivity contribution in [1.82, 2.24) is 0 Å². The van der Waals surface area contributed by atoms with Gasteiger partial charge in [-0.05, 0) is 36.5 Å². The van der Waals surface area contributed by atoms with Crippen LogP contribution in [-0.2, 0) is 5.41 Å². The Balaban J connectivity index is 2.18. The van der Waals surface area contributed by atoms with Crippen LogP contribution in [0.3, 0.4) is 0 Å². The fraction of sp³-hybridized carbons (Fsp3) is 0.308. The van der Waals surface area contributed by atoms with Gasteiger partial charge in [0.05, 0.1) is 25.7 Å². The van der Waals surface area contributed by atoms with E-state index in [0.717, 1.165) is 23.1 Å². The maximum Gasteiger partial charge on any atom is 0.165 e. The van der Waals surface area contributed by atoms with E-state index < -0.39 is 17.1 Å². The summed E-state index contributed by atoms with van der Waals surface area (Å²) in [5, 5.41) is 23.4. The zero-order chi connectivity index (χ0) is 21.2. The Kier molecular flexibility index (Phi) is 5.54. The largest absolute Gasteiger partial charge is 0.493 e. The molecule has 1 aliphatic carbocycles. The van der Waals surface area contributed by atoms with E-state index in [1.807, 2.05) is 78.9 Å². The van der Waals surface area contributed by atoms with Crippen LogP contribution in [0.5, 0.6) is 11.5 Å². The van der Waals surface area contributed by atoms with Crippen molar-refractivity contribution >= 4 is 0 Å². The number of aliphatic hydroxyl groups is 2. The van der Waals surface area contributed by atoms with Gasteiger partial charge in [-0.15, -0.1) is 0 Å². The maximum atomic E-state index is 12.3. The van der Waals surface area contributed by atoms with E-state index in [0.29, 0.717) is 24.3 Å². The van der Waals surface area contributed by atoms with Gasteiger partial charge in [-0.1, -0.05) is 72.8 Å². The Morgan fingerprint density at radius 3 is 1.90 bits per heavy atom. The van der Waals surface area contributed by atoms with Crippen LogP contribution in [0.15, 0.2) is 78.9 Å². The van der Waals surface area contributed by atoms with Gasteiger partial charge in [0.25, 0.3) is 0 Å². The van der Waals surface area contributed by atoms with Crippen molar-refractivity contribution in [3.05, 3.63) is 95.6 Å². The fourth-order valence-corrected chi connectivity index (χ4v) is 5.18. The maximum absolute atomic E-state index is 12.3. The molecule has 0 amide bonds. The van der Waals surface area contributed by atoms with Gasteiger partial charge >= 0.3 is 0 Å². The number of aliphatic hydroxyl groups excluding tert-OH is 1. The lowest BCUT2D eigenvalue weighted by atomic mass is 9.57. The van der Waals surface area contributed by atoms with Crippen molar-refractivity contribution in [2.75, 3.05) is 14.2 Å². The first-order valence-electron chi connectivity index (χ1n) is 10.3. The predicted molar refractivity (Wildman–Crippen MR) is 117 cm³/mol. The Morgan fingerprint density at radius 2 is 1.43 bits per heavy atom. The van der Waals surface area contributed by atoms with E-state index in [1.165, 1.54) is 0 Å². The SMILES string of the molecule is COc1cccc(C(c2ccccc2)(c2ccccc2)C2(O)CCCC2O)c1OC. The third kappa shape index (κ3) is 2.91. The molecule has 0 aliphatic heterocycles. The van der Waals surface area contributed by atoms with Gasteiger partial charge in [0.1, 0.15) is 5.60 Å². The lowest BCUT2D eigenvalue weighted by Gasteiger charge is -2.49. The Labute approximate surface area is 177 Å². The summed E-state index contributed by atoms with van der Waals surface area (Å²) in [6.07, 6.45) is 0.877. The van der Waals surface area contributed by atoms with Crippen LogP contribution in [0.2, 0.25) is 0 Å². The van der Waals surface area contributed by atoms with Crippen LogP contribution in [0.4, 0.5) is 0 Å². The molecular formula is C26H28O4. The van der Waals surface area contributed by atoms with E-state index in [-0.39, 0.29) is 0 Å². The molecule has 156 valence electrons. The minimum atomic E-state index is -1.42. The molecule has 1 fully saturated rings. The molecule has 0 spiro atoms. The van der Waals surface area contributed by atoms with E-state index in [1.54, 1.807) is 14.2 Å². The first kappa shape index (κ1) is 20.5. The molecule has 1 aliphatic rings. The molecular weight excluding hydrogens is 376 g/mol. The smallest absolute Gasteiger partial charge is 0.165 e. The average Bonchev–Trinajstić information content (AvgIpc) is 3.14. The van der Waals surface area contributed by atoms with Gasteiger partial charge in [-0.25, -0.2) is 0 Å². The number of ether oxygens (including phenoxy) is 2. The molecule has 4 nitrogen and oxygen atoms in total. The molecule has 30 heavy (non-hydrogen) atoms. The number of methoxy groups -OCH3 is 2. The quantitative estimate of drug-likeness (QED) is 0.601. The first-order valence-corrected chi connectivity index (χ1v) is 10.3. The summed E-state index contributed by atoms with van der Waals surface area (Å²) in [6, 6.07) is 25.5. The van der Waals surface area contributed by atoms with Crippen molar-refractivity contribution in [2.45, 2.75) is 36.4 Å². The molecule has 1 saturated carbocycles. The Bertz CT molecular complexity index is 947. The Morgan fingerprint density at radius 1 is 0.833 bits per heavy atom. The summed E-state index contributed by atoms with van der Waals surface area (Å²) in [7, 11) is 3.21. The summed E-state index contributed by atoms with van der Waals surface area (Å²) in [4.78, 5) is 0. The number of para-hydroxylation sites is 1. The van der Waals surface area contributed by atoms with Crippen molar-refractivity contribution < 1.29 is 19.7 Å². The molecule has 4 rings (SSSR count). The molecule has 0 saturated heterocycles. The van der Waals surface area contributed by atoms with Gasteiger partial charge in [0.15, 0.2) is 11.5 Å². The number of hydrogen-bond acceptors (Lipinski definition) is 4. The lowest BCUT2D eigenvalue weighted by molar-refractivity contribution is -0.0871. The zero-order valence-electron chi connectivity index (χ0n) is 17.4. The van der Waals surface area contributed by atoms with Crippen molar-refractivity contribution in [3.63, 3.8) is 0 Å². The molecule has 0 heterocycles. The third-order valence-corrected chi connectivity index (χ3v) is 6.46. The molecule has 2 atom stereocenters. The molecule has 3 aromatic rings. The van der Waals surface area contributed by atoms with Gasteiger partial charge in [-0.3, -0.25) is 0 Å². The highest BCUT2D eigenvalue weighted by atomic mass is 16.5. The average molecular weight is 405 g/mol. The summed E-state index contributed by atoms with van der Waals surface area (Å²) >= 11 is 0. The minimum absolute atomic E-state index is 0.471. The second kappa shape index (κ2) is 8.13. The molecule has 2 N–H and O–H groups in total. The lowest BCUT2D eigenvalue weighted by Crippen LogP contribution is -2.57. The van der Waals surface area contributed by atoms with E-state index in [9.17, 15) is 10.2 Å². The summed E-state index contributed by atoms with van der Waals surface area (Å²) in [6.45, 7) is 0. The predicted octanol–water partition coefficient (Wildman–Crippen LogP) is 4.31. The second-order valence-electron chi connectivity index (χ2n) is 7.86. The van der Waals surface area contributed by atoms with Crippen molar-refractivity contribution in [2.24, 2.45) is 0 Å². The van der Waals surface area contributed by atoms with E-state index in [2.05, 4.69) is 0 Å². The van der Waals surface area contributed by atoms with Gasteiger partial charge < -0.3 is 19.7 Å². The third-order valence-electron chi connectivity index (χ3n) is 6.46. The number of rotatable bonds is 6. The van der Waals surface area contributed by atoms with Crippen LogP contribution in [0.1, 0.15) is 36.0 Å². The zero-order valence-corrected chi connectivity index (χ0v) is 17.4. The molecule has 3 aromatic carbocycles. The molecule has 2 unspecified atom stereocenters. The van der Waals surface area contributed by atoms with Crippen molar-refractivity contribution in [1.29, 1.82) is 0 Å². The van der Waals surface area contributed by atoms with Crippen LogP contribution in [-0.4, -0.2) is 36.1 Å². The van der Waals surface area contributed by atoms with Crippen LogP contribution in [0.25, 0.3) is 0 Å². The van der Waals surface area contributed by atoms with Crippen LogP contribution >= 0.6 is 0 Å². The summed E-state index contributed by atoms with van der Waals surface area (Å²) in [5.74, 6) is 1.14. The number of benzene rings is 3. The summed E-state index contributed by atoms with van der Waals surface area (Å²) < 4.78 is 11.4. The van der Waals surface area contributed by atoms with E-state index >= 15 is 0 Å². The van der Waals surface area contributed by atoms with Gasteiger partial charge in [0.2, 0.25) is 0 Å². The molecule has 0 radical (unpaired) electrons. The highest BCUT2D eigenvalue weighted by Gasteiger charge is 2.60. The standard InChI is InChI=1S/C26H28O4/c1-29-22-16-9-15-21(24(22)30-2)26(19-11-5-3-6-12-19,20-13-7-4-8-14-20)25(28)18-10-17-23(25)27/h3-9,11-16,23,27-28H,10,17-18H2,1-2H3. The summed E-state index contributed by atoms with van der Waals surface area (Å²) in [5.41, 5.74) is 0.0864. The molecule has 4 heteroatoms. The molecule has 0 aromatic heterocycles. The highest BCUT2D eigenvalue weighted by Crippen LogP contribution is 2.57. The fourth-order valence-electron chi connectivity index (χ4n) is 5.18. The Hall–Kier alpha value is -2.82. The second-order valence-corrected chi connectivity index (χ2v) is 7.86. The monoisotopic (exact) mass is 404 g/mol. The van der Waals surface area contributed by atoms with Crippen LogP contribution < -0.4 is 9.47 Å². The van der Waals surface area contributed by atoms with Gasteiger partial charge in [-0.2, -0.15) is 0 Å². The first-order chi connectivity index (χ1) is 14.6. The normalized spacial score (nSPS) is 21.4. The van der Waals surface area contributed by atoms with Crippen molar-refractivity contribution in [3.8, 4) is 11.5 Å². The topological polar surface area (TPSA) is 58.9 Å². The van der Waals surface area contributed by atoms with Crippen LogP contribution in [0, 0.1) is 0 Å².